The fraction of sp³-hybridized carbons (Fsp3) is 0.200. The van der Waals surface area contributed by atoms with Crippen molar-refractivity contribution in [3.8, 4) is 0 Å². The lowest BCUT2D eigenvalue weighted by atomic mass is 10.2. The molecule has 0 bridgehead atoms. The molecule has 140 valence electrons. The van der Waals surface area contributed by atoms with E-state index in [0.29, 0.717) is 22.4 Å². The minimum atomic E-state index is -0.142. The molecule has 0 spiro atoms. The van der Waals surface area contributed by atoms with Crippen molar-refractivity contribution in [2.24, 2.45) is 0 Å². The first-order valence-electron chi connectivity index (χ1n) is 8.45. The second-order valence-corrected chi connectivity index (χ2v) is 7.46. The number of amides is 1. The molecule has 3 aromatic rings. The molecule has 2 N–H and O–H groups in total. The van der Waals surface area contributed by atoms with Gasteiger partial charge in [0.25, 0.3) is 0 Å². The van der Waals surface area contributed by atoms with Crippen LogP contribution in [0.4, 0.5) is 5.69 Å². The van der Waals surface area contributed by atoms with Crippen molar-refractivity contribution in [3.63, 3.8) is 0 Å². The molecule has 0 atom stereocenters. The van der Waals surface area contributed by atoms with Crippen LogP contribution in [0.2, 0.25) is 5.02 Å². The van der Waals surface area contributed by atoms with Gasteiger partial charge in [-0.05, 0) is 36.2 Å². The quantitative estimate of drug-likeness (QED) is 0.584. The normalized spacial score (nSPS) is 10.8. The largest absolute Gasteiger partial charge is 0.390 e. The Balaban J connectivity index is 1.67. The lowest BCUT2D eigenvalue weighted by molar-refractivity contribution is -0.113. The topological polar surface area (TPSA) is 67.2 Å². The van der Waals surface area contributed by atoms with E-state index >= 15 is 0 Å². The van der Waals surface area contributed by atoms with Crippen molar-refractivity contribution >= 4 is 35.0 Å². The molecule has 27 heavy (non-hydrogen) atoms. The number of carbonyl (C=O) groups is 1. The number of aryl methyl sites for hydroxylation is 1. The van der Waals surface area contributed by atoms with Crippen molar-refractivity contribution in [2.45, 2.75) is 25.2 Å². The first-order chi connectivity index (χ1) is 13.0. The van der Waals surface area contributed by atoms with E-state index in [-0.39, 0.29) is 18.3 Å². The Bertz CT molecular complexity index is 925. The van der Waals surface area contributed by atoms with Crippen LogP contribution in [0.15, 0.2) is 59.9 Å². The standard InChI is InChI=1S/C20H20ClN3O2S/c1-14-4-2-3-5-18(14)23-19(26)13-27-20-22-17(12-25)11-24(20)10-15-6-8-16(21)9-7-15/h2-9,11,25H,10,12-13H2,1H3,(H,23,26). The second kappa shape index (κ2) is 9.08. The summed E-state index contributed by atoms with van der Waals surface area (Å²) in [6.45, 7) is 2.40. The van der Waals surface area contributed by atoms with Gasteiger partial charge in [-0.3, -0.25) is 4.79 Å². The third-order valence-electron chi connectivity index (χ3n) is 3.97. The van der Waals surface area contributed by atoms with Gasteiger partial charge in [-0.25, -0.2) is 4.98 Å². The number of hydrogen-bond acceptors (Lipinski definition) is 4. The molecule has 7 heteroatoms. The predicted octanol–water partition coefficient (Wildman–Crippen LogP) is 4.12. The Morgan fingerprint density at radius 2 is 1.96 bits per heavy atom. The van der Waals surface area contributed by atoms with Crippen LogP contribution in [-0.4, -0.2) is 26.3 Å². The van der Waals surface area contributed by atoms with Crippen LogP contribution in [0.25, 0.3) is 0 Å². The summed E-state index contributed by atoms with van der Waals surface area (Å²) in [5.74, 6) is 0.137. The number of anilines is 1. The Morgan fingerprint density at radius 1 is 1.22 bits per heavy atom. The van der Waals surface area contributed by atoms with Gasteiger partial charge in [-0.15, -0.1) is 0 Å². The molecule has 1 heterocycles. The van der Waals surface area contributed by atoms with E-state index in [2.05, 4.69) is 10.3 Å². The molecule has 0 saturated carbocycles. The van der Waals surface area contributed by atoms with E-state index in [1.165, 1.54) is 11.8 Å². The zero-order chi connectivity index (χ0) is 19.2. The summed E-state index contributed by atoms with van der Waals surface area (Å²) in [6, 6.07) is 15.2. The number of nitrogens with one attached hydrogen (secondary N) is 1. The lowest BCUT2D eigenvalue weighted by Crippen LogP contribution is -2.15. The summed E-state index contributed by atoms with van der Waals surface area (Å²) in [5, 5.41) is 13.7. The fourth-order valence-electron chi connectivity index (χ4n) is 2.57. The summed E-state index contributed by atoms with van der Waals surface area (Å²) in [4.78, 5) is 16.7. The van der Waals surface area contributed by atoms with Gasteiger partial charge in [0.1, 0.15) is 0 Å². The van der Waals surface area contributed by atoms with Crippen molar-refractivity contribution in [1.29, 1.82) is 0 Å². The first kappa shape index (κ1) is 19.5. The highest BCUT2D eigenvalue weighted by atomic mass is 35.5. The van der Waals surface area contributed by atoms with E-state index in [9.17, 15) is 9.90 Å². The molecule has 0 fully saturated rings. The van der Waals surface area contributed by atoms with E-state index in [0.717, 1.165) is 16.8 Å². The van der Waals surface area contributed by atoms with Crippen molar-refractivity contribution in [3.05, 3.63) is 76.6 Å². The van der Waals surface area contributed by atoms with E-state index < -0.39 is 0 Å². The monoisotopic (exact) mass is 401 g/mol. The van der Waals surface area contributed by atoms with E-state index in [1.54, 1.807) is 6.20 Å². The number of carbonyl (C=O) groups excluding carboxylic acids is 1. The number of rotatable bonds is 7. The molecule has 0 aliphatic rings. The third-order valence-corrected chi connectivity index (χ3v) is 5.21. The minimum absolute atomic E-state index is 0.0964. The maximum atomic E-state index is 12.3. The molecule has 0 unspecified atom stereocenters. The second-order valence-electron chi connectivity index (χ2n) is 6.08. The van der Waals surface area contributed by atoms with Gasteiger partial charge in [0.05, 0.1) is 18.1 Å². The molecule has 0 aliphatic carbocycles. The number of aromatic nitrogens is 2. The van der Waals surface area contributed by atoms with Crippen LogP contribution in [0.5, 0.6) is 0 Å². The van der Waals surface area contributed by atoms with Crippen LogP contribution in [0.3, 0.4) is 0 Å². The van der Waals surface area contributed by atoms with Gasteiger partial charge in [-0.2, -0.15) is 0 Å². The number of thioether (sulfide) groups is 1. The van der Waals surface area contributed by atoms with Gasteiger partial charge >= 0.3 is 0 Å². The van der Waals surface area contributed by atoms with Gasteiger partial charge in [0.15, 0.2) is 5.16 Å². The number of aliphatic hydroxyl groups is 1. The number of imidazole rings is 1. The summed E-state index contributed by atoms with van der Waals surface area (Å²) < 4.78 is 1.93. The molecule has 1 aromatic heterocycles. The highest BCUT2D eigenvalue weighted by Crippen LogP contribution is 2.21. The van der Waals surface area contributed by atoms with Gasteiger partial charge in [-0.1, -0.05) is 53.7 Å². The minimum Gasteiger partial charge on any atom is -0.390 e. The Morgan fingerprint density at radius 3 is 2.67 bits per heavy atom. The molecule has 2 aromatic carbocycles. The number of aliphatic hydroxyl groups excluding tert-OH is 1. The molecule has 1 amide bonds. The molecule has 5 nitrogen and oxygen atoms in total. The van der Waals surface area contributed by atoms with E-state index in [4.69, 9.17) is 11.6 Å². The van der Waals surface area contributed by atoms with Crippen molar-refractivity contribution in [1.82, 2.24) is 9.55 Å². The van der Waals surface area contributed by atoms with Gasteiger partial charge < -0.3 is 15.0 Å². The number of hydrogen-bond donors (Lipinski definition) is 2. The smallest absolute Gasteiger partial charge is 0.234 e. The number of para-hydroxylation sites is 1. The van der Waals surface area contributed by atoms with E-state index in [1.807, 2.05) is 60.0 Å². The van der Waals surface area contributed by atoms with Crippen LogP contribution in [0, 0.1) is 6.92 Å². The zero-order valence-corrected chi connectivity index (χ0v) is 16.4. The number of benzene rings is 2. The lowest BCUT2D eigenvalue weighted by Gasteiger charge is -2.09. The maximum absolute atomic E-state index is 12.3. The van der Waals surface area contributed by atoms with Crippen molar-refractivity contribution in [2.75, 3.05) is 11.1 Å². The SMILES string of the molecule is Cc1ccccc1NC(=O)CSc1nc(CO)cn1Cc1ccc(Cl)cc1. The summed E-state index contributed by atoms with van der Waals surface area (Å²) >= 11 is 7.28. The maximum Gasteiger partial charge on any atom is 0.234 e. The molecular weight excluding hydrogens is 382 g/mol. The van der Waals surface area contributed by atoms with Gasteiger partial charge in [0.2, 0.25) is 5.91 Å². The van der Waals surface area contributed by atoms with Crippen molar-refractivity contribution < 1.29 is 9.90 Å². The Kier molecular flexibility index (Phi) is 6.55. The molecule has 0 radical (unpaired) electrons. The fourth-order valence-corrected chi connectivity index (χ4v) is 3.49. The molecule has 3 rings (SSSR count). The molecule has 0 saturated heterocycles. The number of nitrogens with zero attached hydrogens (tertiary/aromatic N) is 2. The Labute approximate surface area is 167 Å². The molecular formula is C20H20ClN3O2S. The highest BCUT2D eigenvalue weighted by Gasteiger charge is 2.12. The molecule has 0 aliphatic heterocycles. The van der Waals surface area contributed by atoms with Crippen LogP contribution in [0.1, 0.15) is 16.8 Å². The summed E-state index contributed by atoms with van der Waals surface area (Å²) in [7, 11) is 0. The average Bonchev–Trinajstić information content (AvgIpc) is 3.06. The van der Waals surface area contributed by atoms with Crippen LogP contribution < -0.4 is 5.32 Å². The summed E-state index contributed by atoms with van der Waals surface area (Å²) in [5.41, 5.74) is 3.46. The number of halogens is 1. The zero-order valence-electron chi connectivity index (χ0n) is 14.9. The Hall–Kier alpha value is -2.28. The van der Waals surface area contributed by atoms with Gasteiger partial charge in [0, 0.05) is 23.5 Å². The van der Waals surface area contributed by atoms with Crippen LogP contribution >= 0.6 is 23.4 Å². The van der Waals surface area contributed by atoms with Crippen LogP contribution in [-0.2, 0) is 17.9 Å². The average molecular weight is 402 g/mol. The third kappa shape index (κ3) is 5.35. The first-order valence-corrected chi connectivity index (χ1v) is 9.81. The summed E-state index contributed by atoms with van der Waals surface area (Å²) in [6.07, 6.45) is 1.80. The predicted molar refractivity (Wildman–Crippen MR) is 109 cm³/mol. The highest BCUT2D eigenvalue weighted by molar-refractivity contribution is 7.99.